The van der Waals surface area contributed by atoms with Gasteiger partial charge in [0.1, 0.15) is 6.73 Å². The van der Waals surface area contributed by atoms with Crippen LogP contribution < -0.4 is 5.73 Å². The lowest BCUT2D eigenvalue weighted by Crippen LogP contribution is -2.41. The smallest absolute Gasteiger partial charge is 0.248 e. The molecular formula is C19H20N2O3. The maximum atomic E-state index is 12.7. The van der Waals surface area contributed by atoms with Gasteiger partial charge in [-0.2, -0.15) is 0 Å². The van der Waals surface area contributed by atoms with E-state index >= 15 is 0 Å². The van der Waals surface area contributed by atoms with Crippen LogP contribution in [-0.4, -0.2) is 30.1 Å². The zero-order valence-corrected chi connectivity index (χ0v) is 13.4. The number of nitrogens with zero attached hydrogens (tertiary/aromatic N) is 1. The van der Waals surface area contributed by atoms with Crippen molar-refractivity contribution in [3.05, 3.63) is 71.3 Å². The lowest BCUT2D eigenvalue weighted by molar-refractivity contribution is -0.146. The first-order valence-electron chi connectivity index (χ1n) is 7.96. The van der Waals surface area contributed by atoms with E-state index in [1.807, 2.05) is 30.3 Å². The highest BCUT2D eigenvalue weighted by molar-refractivity contribution is 5.92. The second-order valence-corrected chi connectivity index (χ2v) is 5.85. The summed E-state index contributed by atoms with van der Waals surface area (Å²) in [6.45, 7) is 0.953. The van der Waals surface area contributed by atoms with Gasteiger partial charge in [-0.1, -0.05) is 42.5 Å². The van der Waals surface area contributed by atoms with E-state index in [9.17, 15) is 9.59 Å². The van der Waals surface area contributed by atoms with Crippen molar-refractivity contribution >= 4 is 11.8 Å². The molecule has 1 fully saturated rings. The second kappa shape index (κ2) is 7.27. The molecule has 5 heteroatoms. The van der Waals surface area contributed by atoms with Gasteiger partial charge in [-0.05, 0) is 29.7 Å². The SMILES string of the molecule is NC(=O)c1ccc(CC(=O)N2COCCC2c2ccccc2)cc1. The van der Waals surface area contributed by atoms with Crippen molar-refractivity contribution in [2.75, 3.05) is 13.3 Å². The van der Waals surface area contributed by atoms with Crippen molar-refractivity contribution in [1.82, 2.24) is 4.90 Å². The molecule has 1 unspecified atom stereocenters. The minimum atomic E-state index is -0.471. The number of rotatable bonds is 4. The van der Waals surface area contributed by atoms with E-state index in [0.29, 0.717) is 18.9 Å². The van der Waals surface area contributed by atoms with Crippen molar-refractivity contribution in [2.24, 2.45) is 5.73 Å². The summed E-state index contributed by atoms with van der Waals surface area (Å²) in [6.07, 6.45) is 1.06. The minimum Gasteiger partial charge on any atom is -0.366 e. The standard InChI is InChI=1S/C19H20N2O3/c20-19(23)16-8-6-14(7-9-16)12-18(22)21-13-24-11-10-17(21)15-4-2-1-3-5-15/h1-9,17H,10-13H2,(H2,20,23). The molecule has 1 saturated heterocycles. The van der Waals surface area contributed by atoms with Gasteiger partial charge in [-0.25, -0.2) is 0 Å². The molecule has 1 atom stereocenters. The van der Waals surface area contributed by atoms with Crippen LogP contribution in [0.4, 0.5) is 0 Å². The van der Waals surface area contributed by atoms with E-state index in [4.69, 9.17) is 10.5 Å². The molecule has 1 aliphatic rings. The lowest BCUT2D eigenvalue weighted by Gasteiger charge is -2.36. The molecule has 2 aromatic rings. The number of carbonyl (C=O) groups excluding carboxylic acids is 2. The van der Waals surface area contributed by atoms with E-state index in [1.165, 1.54) is 0 Å². The molecule has 1 heterocycles. The molecule has 2 N–H and O–H groups in total. The Kier molecular flexibility index (Phi) is 4.91. The number of hydrogen-bond donors (Lipinski definition) is 1. The zero-order chi connectivity index (χ0) is 16.9. The summed E-state index contributed by atoms with van der Waals surface area (Å²) in [4.78, 5) is 25.6. The quantitative estimate of drug-likeness (QED) is 0.938. The zero-order valence-electron chi connectivity index (χ0n) is 13.4. The molecule has 3 rings (SSSR count). The fraction of sp³-hybridized carbons (Fsp3) is 0.263. The Morgan fingerprint density at radius 3 is 2.46 bits per heavy atom. The molecule has 0 aromatic heterocycles. The monoisotopic (exact) mass is 324 g/mol. The van der Waals surface area contributed by atoms with Crippen LogP contribution in [0.1, 0.15) is 33.9 Å². The summed E-state index contributed by atoms with van der Waals surface area (Å²) in [7, 11) is 0. The average molecular weight is 324 g/mol. The van der Waals surface area contributed by atoms with Gasteiger partial charge in [0.2, 0.25) is 11.8 Å². The summed E-state index contributed by atoms with van der Waals surface area (Å²) in [6, 6.07) is 16.9. The summed E-state index contributed by atoms with van der Waals surface area (Å²) < 4.78 is 5.49. The number of carbonyl (C=O) groups is 2. The van der Waals surface area contributed by atoms with E-state index in [2.05, 4.69) is 0 Å². The molecule has 1 aliphatic heterocycles. The van der Waals surface area contributed by atoms with Crippen LogP contribution in [0.3, 0.4) is 0 Å². The Morgan fingerprint density at radius 1 is 1.08 bits per heavy atom. The highest BCUT2D eigenvalue weighted by Crippen LogP contribution is 2.28. The van der Waals surface area contributed by atoms with Gasteiger partial charge >= 0.3 is 0 Å². The third kappa shape index (κ3) is 3.63. The lowest BCUT2D eigenvalue weighted by atomic mass is 10.0. The van der Waals surface area contributed by atoms with Crippen LogP contribution in [0, 0.1) is 0 Å². The Bertz CT molecular complexity index is 713. The van der Waals surface area contributed by atoms with Gasteiger partial charge in [0.25, 0.3) is 0 Å². The van der Waals surface area contributed by atoms with Gasteiger partial charge in [0.15, 0.2) is 0 Å². The van der Waals surface area contributed by atoms with Gasteiger partial charge in [-0.15, -0.1) is 0 Å². The summed E-state index contributed by atoms with van der Waals surface area (Å²) >= 11 is 0. The first kappa shape index (κ1) is 16.2. The number of benzene rings is 2. The van der Waals surface area contributed by atoms with Crippen LogP contribution in [0.25, 0.3) is 0 Å². The Balaban J connectivity index is 1.73. The first-order valence-corrected chi connectivity index (χ1v) is 7.96. The number of ether oxygens (including phenoxy) is 1. The van der Waals surface area contributed by atoms with Crippen LogP contribution in [0.15, 0.2) is 54.6 Å². The van der Waals surface area contributed by atoms with Crippen molar-refractivity contribution < 1.29 is 14.3 Å². The number of hydrogen-bond acceptors (Lipinski definition) is 3. The van der Waals surface area contributed by atoms with E-state index < -0.39 is 5.91 Å². The molecule has 5 nitrogen and oxygen atoms in total. The van der Waals surface area contributed by atoms with Gasteiger partial charge in [0, 0.05) is 5.56 Å². The van der Waals surface area contributed by atoms with E-state index in [0.717, 1.165) is 17.5 Å². The Hall–Kier alpha value is -2.66. The van der Waals surface area contributed by atoms with Gasteiger partial charge in [0.05, 0.1) is 19.1 Å². The third-order valence-electron chi connectivity index (χ3n) is 4.24. The minimum absolute atomic E-state index is 0.00961. The molecular weight excluding hydrogens is 304 g/mol. The molecule has 2 amide bonds. The molecule has 2 aromatic carbocycles. The topological polar surface area (TPSA) is 72.6 Å². The van der Waals surface area contributed by atoms with Gasteiger partial charge in [-0.3, -0.25) is 9.59 Å². The maximum absolute atomic E-state index is 12.7. The Labute approximate surface area is 141 Å². The molecule has 0 bridgehead atoms. The molecule has 24 heavy (non-hydrogen) atoms. The van der Waals surface area contributed by atoms with Crippen molar-refractivity contribution in [3.8, 4) is 0 Å². The third-order valence-corrected chi connectivity index (χ3v) is 4.24. The Morgan fingerprint density at radius 2 is 1.79 bits per heavy atom. The van der Waals surface area contributed by atoms with Crippen LogP contribution in [0.2, 0.25) is 0 Å². The van der Waals surface area contributed by atoms with E-state index in [-0.39, 0.29) is 18.4 Å². The fourth-order valence-corrected chi connectivity index (χ4v) is 2.93. The van der Waals surface area contributed by atoms with Crippen molar-refractivity contribution in [1.29, 1.82) is 0 Å². The fourth-order valence-electron chi connectivity index (χ4n) is 2.93. The largest absolute Gasteiger partial charge is 0.366 e. The number of amides is 2. The van der Waals surface area contributed by atoms with Crippen LogP contribution >= 0.6 is 0 Å². The van der Waals surface area contributed by atoms with Crippen molar-refractivity contribution in [2.45, 2.75) is 18.9 Å². The predicted molar refractivity (Wildman–Crippen MR) is 90.1 cm³/mol. The molecule has 0 radical (unpaired) electrons. The molecule has 124 valence electrons. The van der Waals surface area contributed by atoms with Crippen LogP contribution in [0.5, 0.6) is 0 Å². The van der Waals surface area contributed by atoms with Gasteiger partial charge < -0.3 is 15.4 Å². The van der Waals surface area contributed by atoms with E-state index in [1.54, 1.807) is 29.2 Å². The summed E-state index contributed by atoms with van der Waals surface area (Å²) in [5.74, 6) is -0.461. The molecule has 0 aliphatic carbocycles. The maximum Gasteiger partial charge on any atom is 0.248 e. The number of primary amides is 1. The average Bonchev–Trinajstić information content (AvgIpc) is 2.63. The van der Waals surface area contributed by atoms with Crippen molar-refractivity contribution in [3.63, 3.8) is 0 Å². The highest BCUT2D eigenvalue weighted by Gasteiger charge is 2.28. The normalized spacial score (nSPS) is 17.5. The predicted octanol–water partition coefficient (Wildman–Crippen LogP) is 2.28. The number of nitrogens with two attached hydrogens (primary N) is 1. The highest BCUT2D eigenvalue weighted by atomic mass is 16.5. The molecule has 0 saturated carbocycles. The summed E-state index contributed by atoms with van der Waals surface area (Å²) in [5, 5.41) is 0. The van der Waals surface area contributed by atoms with Crippen LogP contribution in [-0.2, 0) is 16.0 Å². The summed E-state index contributed by atoms with van der Waals surface area (Å²) in [5.41, 5.74) is 7.65. The first-order chi connectivity index (χ1) is 11.6. The molecule has 0 spiro atoms. The second-order valence-electron chi connectivity index (χ2n) is 5.85.